The predicted octanol–water partition coefficient (Wildman–Crippen LogP) is 5.39. The van der Waals surface area contributed by atoms with Crippen LogP contribution in [0.1, 0.15) is 42.3 Å². The number of ether oxygens (including phenoxy) is 1. The third-order valence-electron chi connectivity index (χ3n) is 5.86. The monoisotopic (exact) mass is 491 g/mol. The number of nitrogens with one attached hydrogen (secondary N) is 4. The summed E-state index contributed by atoms with van der Waals surface area (Å²) >= 11 is 0. The van der Waals surface area contributed by atoms with Gasteiger partial charge in [0.1, 0.15) is 17.3 Å². The molecule has 1 aliphatic heterocycles. The van der Waals surface area contributed by atoms with Crippen LogP contribution in [-0.2, 0) is 0 Å². The Bertz CT molecular complexity index is 1220. The summed E-state index contributed by atoms with van der Waals surface area (Å²) in [5.74, 6) is 0.557. The quantitative estimate of drug-likeness (QED) is 0.317. The molecule has 0 spiro atoms. The standard InChI is InChI=1S/C26H28FN5O2.C2H6/c1-15-8-18(9-22(27)25(15)26(33)32-14-17-12-30-13-17)23-10-20(6-7-31-23)34-19-4-5-21(16(2)28)24(11-19)29-3;1-2/h4-11,17,28-30H,12-14H2,1-3H3,(H,32,33);1-2H3. The molecule has 0 aliphatic carbocycles. The van der Waals surface area contributed by atoms with Crippen molar-refractivity contribution < 1.29 is 13.9 Å². The predicted molar refractivity (Wildman–Crippen MR) is 143 cm³/mol. The lowest BCUT2D eigenvalue weighted by atomic mass is 10.00. The molecule has 1 saturated heterocycles. The summed E-state index contributed by atoms with van der Waals surface area (Å²) in [6, 6.07) is 12.0. The summed E-state index contributed by atoms with van der Waals surface area (Å²) in [6.45, 7) is 9.72. The van der Waals surface area contributed by atoms with E-state index in [9.17, 15) is 9.18 Å². The van der Waals surface area contributed by atoms with E-state index in [1.54, 1.807) is 51.4 Å². The first-order valence-electron chi connectivity index (χ1n) is 12.2. The minimum atomic E-state index is -0.580. The third-order valence-corrected chi connectivity index (χ3v) is 5.86. The Labute approximate surface area is 212 Å². The summed E-state index contributed by atoms with van der Waals surface area (Å²) in [6.07, 6.45) is 1.60. The second-order valence-electron chi connectivity index (χ2n) is 8.45. The van der Waals surface area contributed by atoms with E-state index in [0.29, 0.717) is 46.5 Å². The number of aryl methyl sites for hydroxylation is 1. The normalized spacial score (nSPS) is 12.6. The molecule has 0 radical (unpaired) electrons. The Balaban J connectivity index is 0.00000176. The SMILES string of the molecule is CC.CNc1cc(Oc2ccnc(-c3cc(C)c(C(=O)NCC4CNC4)c(F)c3)c2)ccc1C(C)=N. The van der Waals surface area contributed by atoms with Crippen LogP contribution in [0.3, 0.4) is 0 Å². The molecular weight excluding hydrogens is 457 g/mol. The first-order chi connectivity index (χ1) is 17.4. The summed E-state index contributed by atoms with van der Waals surface area (Å²) in [5.41, 5.74) is 3.74. The number of aromatic nitrogens is 1. The molecule has 3 aromatic rings. The Morgan fingerprint density at radius 2 is 1.89 bits per heavy atom. The first-order valence-corrected chi connectivity index (χ1v) is 12.2. The van der Waals surface area contributed by atoms with E-state index >= 15 is 0 Å². The van der Waals surface area contributed by atoms with Gasteiger partial charge in [0.25, 0.3) is 5.91 Å². The largest absolute Gasteiger partial charge is 0.457 e. The van der Waals surface area contributed by atoms with Gasteiger partial charge in [0.05, 0.1) is 11.3 Å². The number of carbonyl (C=O) groups excluding carboxylic acids is 1. The molecular formula is C28H34FN5O2. The van der Waals surface area contributed by atoms with Crippen molar-refractivity contribution in [2.45, 2.75) is 27.7 Å². The van der Waals surface area contributed by atoms with Crippen LogP contribution < -0.4 is 20.7 Å². The lowest BCUT2D eigenvalue weighted by molar-refractivity contribution is 0.0937. The smallest absolute Gasteiger partial charge is 0.254 e. The fourth-order valence-corrected chi connectivity index (χ4v) is 3.89. The van der Waals surface area contributed by atoms with Crippen molar-refractivity contribution >= 4 is 17.3 Å². The molecule has 190 valence electrons. The molecule has 0 atom stereocenters. The van der Waals surface area contributed by atoms with E-state index in [-0.39, 0.29) is 5.56 Å². The maximum absolute atomic E-state index is 14.9. The highest BCUT2D eigenvalue weighted by atomic mass is 19.1. The molecule has 0 unspecified atom stereocenters. The Kier molecular flexibility index (Phi) is 9.13. The minimum absolute atomic E-state index is 0.0598. The van der Waals surface area contributed by atoms with Gasteiger partial charge < -0.3 is 26.1 Å². The molecule has 0 saturated carbocycles. The molecule has 1 aliphatic rings. The third kappa shape index (κ3) is 6.26. The number of nitrogens with zero attached hydrogens (tertiary/aromatic N) is 1. The number of pyridine rings is 1. The minimum Gasteiger partial charge on any atom is -0.457 e. The molecule has 1 amide bonds. The Hall–Kier alpha value is -3.78. The molecule has 1 fully saturated rings. The van der Waals surface area contributed by atoms with Gasteiger partial charge in [-0.3, -0.25) is 9.78 Å². The van der Waals surface area contributed by atoms with E-state index < -0.39 is 11.7 Å². The molecule has 1 aromatic heterocycles. The van der Waals surface area contributed by atoms with E-state index in [2.05, 4.69) is 20.9 Å². The summed E-state index contributed by atoms with van der Waals surface area (Å²) in [7, 11) is 1.79. The Morgan fingerprint density at radius 1 is 1.17 bits per heavy atom. The highest BCUT2D eigenvalue weighted by molar-refractivity contribution is 6.01. The van der Waals surface area contributed by atoms with E-state index in [0.717, 1.165) is 24.3 Å². The van der Waals surface area contributed by atoms with Gasteiger partial charge in [-0.15, -0.1) is 0 Å². The van der Waals surface area contributed by atoms with Crippen LogP contribution in [0.5, 0.6) is 11.5 Å². The molecule has 2 heterocycles. The number of anilines is 1. The van der Waals surface area contributed by atoms with Crippen LogP contribution in [0.4, 0.5) is 10.1 Å². The fourth-order valence-electron chi connectivity index (χ4n) is 3.89. The van der Waals surface area contributed by atoms with Gasteiger partial charge in [-0.2, -0.15) is 0 Å². The number of halogens is 1. The van der Waals surface area contributed by atoms with Gasteiger partial charge in [0, 0.05) is 73.5 Å². The zero-order valence-corrected chi connectivity index (χ0v) is 21.5. The van der Waals surface area contributed by atoms with E-state index in [4.69, 9.17) is 10.1 Å². The molecule has 36 heavy (non-hydrogen) atoms. The first kappa shape index (κ1) is 26.8. The van der Waals surface area contributed by atoms with Crippen molar-refractivity contribution in [3.63, 3.8) is 0 Å². The van der Waals surface area contributed by atoms with Crippen LogP contribution in [0.25, 0.3) is 11.3 Å². The van der Waals surface area contributed by atoms with Gasteiger partial charge in [-0.1, -0.05) is 13.8 Å². The second kappa shape index (κ2) is 12.3. The Morgan fingerprint density at radius 3 is 2.50 bits per heavy atom. The number of benzene rings is 2. The highest BCUT2D eigenvalue weighted by Gasteiger charge is 2.21. The molecule has 7 nitrogen and oxygen atoms in total. The summed E-state index contributed by atoms with van der Waals surface area (Å²) < 4.78 is 20.9. The number of amides is 1. The average molecular weight is 492 g/mol. The summed E-state index contributed by atoms with van der Waals surface area (Å²) in [5, 5.41) is 16.9. The maximum Gasteiger partial charge on any atom is 0.254 e. The number of carbonyl (C=O) groups is 1. The number of hydrogen-bond acceptors (Lipinski definition) is 6. The van der Waals surface area contributed by atoms with Crippen molar-refractivity contribution in [3.8, 4) is 22.8 Å². The molecule has 4 rings (SSSR count). The van der Waals surface area contributed by atoms with Gasteiger partial charge in [0.2, 0.25) is 0 Å². The summed E-state index contributed by atoms with van der Waals surface area (Å²) in [4.78, 5) is 16.9. The van der Waals surface area contributed by atoms with Crippen molar-refractivity contribution in [3.05, 3.63) is 71.2 Å². The van der Waals surface area contributed by atoms with Crippen LogP contribution in [0.2, 0.25) is 0 Å². The molecule has 8 heteroatoms. The van der Waals surface area contributed by atoms with Crippen molar-refractivity contribution in [1.82, 2.24) is 15.6 Å². The number of rotatable bonds is 8. The highest BCUT2D eigenvalue weighted by Crippen LogP contribution is 2.30. The number of hydrogen-bond donors (Lipinski definition) is 4. The van der Waals surface area contributed by atoms with Crippen molar-refractivity contribution in [2.24, 2.45) is 5.92 Å². The van der Waals surface area contributed by atoms with E-state index in [1.165, 1.54) is 6.07 Å². The topological polar surface area (TPSA) is 99.1 Å². The van der Waals surface area contributed by atoms with Crippen LogP contribution >= 0.6 is 0 Å². The zero-order valence-electron chi connectivity index (χ0n) is 21.5. The van der Waals surface area contributed by atoms with Crippen LogP contribution in [-0.4, -0.2) is 43.3 Å². The van der Waals surface area contributed by atoms with Crippen molar-refractivity contribution in [2.75, 3.05) is 32.0 Å². The van der Waals surface area contributed by atoms with Gasteiger partial charge in [-0.05, 0) is 49.7 Å². The van der Waals surface area contributed by atoms with E-state index in [1.807, 2.05) is 26.0 Å². The van der Waals surface area contributed by atoms with Gasteiger partial charge in [0.15, 0.2) is 0 Å². The lowest BCUT2D eigenvalue weighted by Gasteiger charge is -2.27. The van der Waals surface area contributed by atoms with Gasteiger partial charge >= 0.3 is 0 Å². The maximum atomic E-state index is 14.9. The van der Waals surface area contributed by atoms with Crippen LogP contribution in [0, 0.1) is 24.1 Å². The average Bonchev–Trinajstić information content (AvgIpc) is 2.83. The molecule has 0 bridgehead atoms. The lowest BCUT2D eigenvalue weighted by Crippen LogP contribution is -2.48. The zero-order chi connectivity index (χ0) is 26.2. The molecule has 4 N–H and O–H groups in total. The van der Waals surface area contributed by atoms with Crippen LogP contribution in [0.15, 0.2) is 48.7 Å². The fraction of sp³-hybridized carbons (Fsp3) is 0.321. The molecule has 2 aromatic carbocycles. The van der Waals surface area contributed by atoms with Crippen molar-refractivity contribution in [1.29, 1.82) is 5.41 Å². The van der Waals surface area contributed by atoms with Gasteiger partial charge in [-0.25, -0.2) is 4.39 Å². The second-order valence-corrected chi connectivity index (χ2v) is 8.45.